The van der Waals surface area contributed by atoms with Crippen LogP contribution in [0, 0.1) is 18.3 Å². The van der Waals surface area contributed by atoms with Gasteiger partial charge in [-0.2, -0.15) is 5.26 Å². The molecule has 1 aromatic rings. The number of anilines is 1. The van der Waals surface area contributed by atoms with E-state index in [1.54, 1.807) is 6.07 Å². The summed E-state index contributed by atoms with van der Waals surface area (Å²) in [5.41, 5.74) is 2.60. The van der Waals surface area contributed by atoms with Gasteiger partial charge in [-0.05, 0) is 37.6 Å². The molecule has 66 valence electrons. The lowest BCUT2D eigenvalue weighted by Crippen LogP contribution is -2.03. The summed E-state index contributed by atoms with van der Waals surface area (Å²) in [4.78, 5) is 0.726. The Bertz CT molecular complexity index is 377. The van der Waals surface area contributed by atoms with Crippen molar-refractivity contribution in [3.8, 4) is 6.07 Å². The van der Waals surface area contributed by atoms with Gasteiger partial charge in [-0.1, -0.05) is 12.2 Å². The van der Waals surface area contributed by atoms with Crippen LogP contribution >= 0.6 is 12.2 Å². The zero-order valence-electron chi connectivity index (χ0n) is 7.59. The van der Waals surface area contributed by atoms with Crippen LogP contribution in [0.1, 0.15) is 18.1 Å². The first-order valence-electron chi connectivity index (χ1n) is 3.92. The molecule has 0 aromatic heterocycles. The minimum Gasteiger partial charge on any atom is -0.350 e. The fraction of sp³-hybridized carbons (Fsp3) is 0.200. The van der Waals surface area contributed by atoms with Gasteiger partial charge >= 0.3 is 0 Å². The summed E-state index contributed by atoms with van der Waals surface area (Å²) in [6, 6.07) is 7.66. The van der Waals surface area contributed by atoms with E-state index in [-0.39, 0.29) is 0 Å². The van der Waals surface area contributed by atoms with Gasteiger partial charge in [0.25, 0.3) is 0 Å². The maximum Gasteiger partial charge on any atom is 0.0994 e. The highest BCUT2D eigenvalue weighted by atomic mass is 32.1. The number of thiocarbonyl (C=S) groups is 1. The van der Waals surface area contributed by atoms with E-state index in [4.69, 9.17) is 17.5 Å². The molecule has 1 N–H and O–H groups in total. The van der Waals surface area contributed by atoms with Crippen LogP contribution in [-0.2, 0) is 0 Å². The van der Waals surface area contributed by atoms with E-state index in [9.17, 15) is 0 Å². The van der Waals surface area contributed by atoms with Gasteiger partial charge in [-0.25, -0.2) is 0 Å². The third kappa shape index (κ3) is 2.53. The van der Waals surface area contributed by atoms with Gasteiger partial charge in [0.1, 0.15) is 0 Å². The van der Waals surface area contributed by atoms with Crippen molar-refractivity contribution in [2.45, 2.75) is 13.8 Å². The maximum atomic E-state index is 8.70. The first-order valence-corrected chi connectivity index (χ1v) is 4.32. The number of benzene rings is 1. The Hall–Kier alpha value is -1.40. The second kappa shape index (κ2) is 4.01. The monoisotopic (exact) mass is 190 g/mol. The second-order valence-electron chi connectivity index (χ2n) is 2.82. The summed E-state index contributed by atoms with van der Waals surface area (Å²) in [6.07, 6.45) is 0. The quantitative estimate of drug-likeness (QED) is 0.691. The molecule has 1 aromatic carbocycles. The summed E-state index contributed by atoms with van der Waals surface area (Å²) in [7, 11) is 0. The SMILES string of the molecule is CC(=S)Nc1ccc(C#N)c(C)c1. The van der Waals surface area contributed by atoms with Crippen LogP contribution in [0.15, 0.2) is 18.2 Å². The minimum atomic E-state index is 0.701. The lowest BCUT2D eigenvalue weighted by Gasteiger charge is -2.05. The number of nitrogens with one attached hydrogen (secondary N) is 1. The molecule has 0 saturated carbocycles. The number of rotatable bonds is 1. The summed E-state index contributed by atoms with van der Waals surface area (Å²) in [6.45, 7) is 3.73. The first kappa shape index (κ1) is 9.69. The number of aryl methyl sites for hydroxylation is 1. The molecule has 0 spiro atoms. The lowest BCUT2D eigenvalue weighted by molar-refractivity contribution is 1.39. The average molecular weight is 190 g/mol. The molecule has 13 heavy (non-hydrogen) atoms. The van der Waals surface area contributed by atoms with Crippen LogP contribution in [0.3, 0.4) is 0 Å². The number of nitriles is 1. The fourth-order valence-electron chi connectivity index (χ4n) is 1.07. The number of hydrogen-bond acceptors (Lipinski definition) is 2. The van der Waals surface area contributed by atoms with Crippen molar-refractivity contribution >= 4 is 22.9 Å². The van der Waals surface area contributed by atoms with E-state index in [1.165, 1.54) is 0 Å². The lowest BCUT2D eigenvalue weighted by atomic mass is 10.1. The molecule has 0 amide bonds. The molecule has 1 rings (SSSR count). The van der Waals surface area contributed by atoms with E-state index in [2.05, 4.69) is 11.4 Å². The minimum absolute atomic E-state index is 0.701. The molecule has 2 nitrogen and oxygen atoms in total. The Morgan fingerprint density at radius 2 is 2.23 bits per heavy atom. The predicted molar refractivity (Wildman–Crippen MR) is 57.8 cm³/mol. The average Bonchev–Trinajstić information content (AvgIpc) is 2.03. The molecular weight excluding hydrogens is 180 g/mol. The van der Waals surface area contributed by atoms with Crippen molar-refractivity contribution in [1.82, 2.24) is 0 Å². The topological polar surface area (TPSA) is 35.8 Å². The molecule has 0 heterocycles. The third-order valence-electron chi connectivity index (χ3n) is 1.67. The van der Waals surface area contributed by atoms with Crippen LogP contribution in [0.4, 0.5) is 5.69 Å². The molecule has 0 atom stereocenters. The van der Waals surface area contributed by atoms with Crippen molar-refractivity contribution in [1.29, 1.82) is 5.26 Å². The Kier molecular flexibility index (Phi) is 2.99. The van der Waals surface area contributed by atoms with Gasteiger partial charge in [-0.15, -0.1) is 0 Å². The van der Waals surface area contributed by atoms with Gasteiger partial charge in [0.05, 0.1) is 16.6 Å². The predicted octanol–water partition coefficient (Wildman–Crippen LogP) is 2.63. The summed E-state index contributed by atoms with van der Waals surface area (Å²) in [5.74, 6) is 0. The second-order valence-corrected chi connectivity index (χ2v) is 3.44. The molecule has 0 fully saturated rings. The van der Waals surface area contributed by atoms with Gasteiger partial charge in [-0.3, -0.25) is 0 Å². The highest BCUT2D eigenvalue weighted by molar-refractivity contribution is 7.80. The smallest absolute Gasteiger partial charge is 0.0994 e. The molecule has 0 aliphatic carbocycles. The third-order valence-corrected chi connectivity index (χ3v) is 1.77. The largest absolute Gasteiger partial charge is 0.350 e. The summed E-state index contributed by atoms with van der Waals surface area (Å²) in [5, 5.41) is 11.7. The Morgan fingerprint density at radius 3 is 2.69 bits per heavy atom. The maximum absolute atomic E-state index is 8.70. The molecule has 0 saturated heterocycles. The number of nitrogens with zero attached hydrogens (tertiary/aromatic N) is 1. The summed E-state index contributed by atoms with van der Waals surface area (Å²) >= 11 is 4.91. The molecular formula is C10H10N2S. The normalized spacial score (nSPS) is 9.00. The van der Waals surface area contributed by atoms with Gasteiger partial charge in [0, 0.05) is 5.69 Å². The van der Waals surface area contributed by atoms with Gasteiger partial charge in [0.15, 0.2) is 0 Å². The Morgan fingerprint density at radius 1 is 1.54 bits per heavy atom. The van der Waals surface area contributed by atoms with Crippen LogP contribution in [0.25, 0.3) is 0 Å². The molecule has 0 bridgehead atoms. The molecule has 0 aliphatic rings. The van der Waals surface area contributed by atoms with Crippen LogP contribution in [0.2, 0.25) is 0 Å². The highest BCUT2D eigenvalue weighted by Crippen LogP contribution is 2.14. The van der Waals surface area contributed by atoms with Crippen molar-refractivity contribution < 1.29 is 0 Å². The van der Waals surface area contributed by atoms with Crippen LogP contribution in [-0.4, -0.2) is 4.99 Å². The molecule has 3 heteroatoms. The van der Waals surface area contributed by atoms with E-state index in [0.29, 0.717) is 5.56 Å². The van der Waals surface area contributed by atoms with E-state index < -0.39 is 0 Å². The van der Waals surface area contributed by atoms with Gasteiger partial charge < -0.3 is 5.32 Å². The Balaban J connectivity index is 2.97. The molecule has 0 radical (unpaired) electrons. The zero-order valence-corrected chi connectivity index (χ0v) is 8.40. The standard InChI is InChI=1S/C10H10N2S/c1-7-5-10(12-8(2)13)4-3-9(7)6-11/h3-5H,1-2H3,(H,12,13). The van der Waals surface area contributed by atoms with Crippen LogP contribution < -0.4 is 5.32 Å². The van der Waals surface area contributed by atoms with Crippen molar-refractivity contribution in [2.75, 3.05) is 5.32 Å². The van der Waals surface area contributed by atoms with Crippen molar-refractivity contribution in [3.63, 3.8) is 0 Å². The van der Waals surface area contributed by atoms with E-state index >= 15 is 0 Å². The van der Waals surface area contributed by atoms with E-state index in [0.717, 1.165) is 16.2 Å². The molecule has 0 unspecified atom stereocenters. The van der Waals surface area contributed by atoms with Gasteiger partial charge in [0.2, 0.25) is 0 Å². The number of hydrogen-bond donors (Lipinski definition) is 1. The summed E-state index contributed by atoms with van der Waals surface area (Å²) < 4.78 is 0. The van der Waals surface area contributed by atoms with E-state index in [1.807, 2.05) is 26.0 Å². The van der Waals surface area contributed by atoms with Crippen molar-refractivity contribution in [3.05, 3.63) is 29.3 Å². The zero-order chi connectivity index (χ0) is 9.84. The Labute approximate surface area is 83.2 Å². The fourth-order valence-corrected chi connectivity index (χ4v) is 1.19. The highest BCUT2D eigenvalue weighted by Gasteiger charge is 1.98. The molecule has 0 aliphatic heterocycles. The van der Waals surface area contributed by atoms with Crippen molar-refractivity contribution in [2.24, 2.45) is 0 Å². The van der Waals surface area contributed by atoms with Crippen LogP contribution in [0.5, 0.6) is 0 Å². The first-order chi connectivity index (χ1) is 6.13.